The van der Waals surface area contributed by atoms with Gasteiger partial charge in [0.05, 0.1) is 23.3 Å². The van der Waals surface area contributed by atoms with Crippen LogP contribution in [-0.4, -0.2) is 29.4 Å². The average Bonchev–Trinajstić information content (AvgIpc) is 2.55. The molecular weight excluding hydrogens is 330 g/mol. The zero-order valence-electron chi connectivity index (χ0n) is 13.4. The lowest BCUT2D eigenvalue weighted by atomic mass is 10.2. The molecule has 0 fully saturated rings. The van der Waals surface area contributed by atoms with Gasteiger partial charge >= 0.3 is 0 Å². The molecule has 0 saturated carbocycles. The molecule has 2 rings (SSSR count). The Morgan fingerprint density at radius 3 is 2.79 bits per heavy atom. The van der Waals surface area contributed by atoms with Crippen molar-refractivity contribution in [2.45, 2.75) is 20.0 Å². The number of amides is 2. The summed E-state index contributed by atoms with van der Waals surface area (Å²) in [7, 11) is 0. The van der Waals surface area contributed by atoms with Gasteiger partial charge in [0.1, 0.15) is 11.9 Å². The average molecular weight is 348 g/mol. The molecule has 1 aromatic heterocycles. The molecule has 126 valence electrons. The number of hydrogen-bond donors (Lipinski definition) is 2. The van der Waals surface area contributed by atoms with Crippen LogP contribution >= 0.6 is 11.6 Å². The number of anilines is 1. The van der Waals surface area contributed by atoms with Crippen LogP contribution in [0.15, 0.2) is 42.7 Å². The van der Waals surface area contributed by atoms with Crippen molar-refractivity contribution in [3.05, 3.63) is 53.3 Å². The Hall–Kier alpha value is -2.60. The fourth-order valence-corrected chi connectivity index (χ4v) is 2.21. The third-order valence-electron chi connectivity index (χ3n) is 3.05. The molecule has 0 aliphatic carbocycles. The van der Waals surface area contributed by atoms with Crippen LogP contribution in [0.4, 0.5) is 5.69 Å². The monoisotopic (exact) mass is 347 g/mol. The van der Waals surface area contributed by atoms with Gasteiger partial charge in [-0.2, -0.15) is 0 Å². The third kappa shape index (κ3) is 5.24. The first-order valence-electron chi connectivity index (χ1n) is 7.37. The number of aromatic nitrogens is 1. The molecule has 1 unspecified atom stereocenters. The zero-order chi connectivity index (χ0) is 17.5. The Kier molecular flexibility index (Phi) is 6.14. The van der Waals surface area contributed by atoms with E-state index in [2.05, 4.69) is 15.6 Å². The van der Waals surface area contributed by atoms with Crippen molar-refractivity contribution in [2.75, 3.05) is 11.9 Å². The summed E-state index contributed by atoms with van der Waals surface area (Å²) in [6.45, 7) is 3.53. The van der Waals surface area contributed by atoms with Crippen molar-refractivity contribution in [1.29, 1.82) is 0 Å². The lowest BCUT2D eigenvalue weighted by Crippen LogP contribution is -2.33. The summed E-state index contributed by atoms with van der Waals surface area (Å²) >= 11 is 6.06. The normalized spacial score (nSPS) is 11.5. The Bertz CT molecular complexity index is 722. The number of halogens is 1. The minimum absolute atomic E-state index is 0.220. The van der Waals surface area contributed by atoms with E-state index in [1.54, 1.807) is 36.7 Å². The molecule has 0 aliphatic rings. The number of hydrogen-bond acceptors (Lipinski definition) is 4. The first-order chi connectivity index (χ1) is 11.5. The molecule has 0 spiro atoms. The maximum Gasteiger partial charge on any atom is 0.253 e. The van der Waals surface area contributed by atoms with E-state index in [0.29, 0.717) is 23.0 Å². The lowest BCUT2D eigenvalue weighted by Gasteiger charge is -2.15. The van der Waals surface area contributed by atoms with Crippen molar-refractivity contribution in [3.63, 3.8) is 0 Å². The summed E-state index contributed by atoms with van der Waals surface area (Å²) < 4.78 is 5.64. The molecule has 2 N–H and O–H groups in total. The first kappa shape index (κ1) is 17.7. The molecule has 0 saturated heterocycles. The van der Waals surface area contributed by atoms with Gasteiger partial charge in [-0.05, 0) is 37.3 Å². The zero-order valence-corrected chi connectivity index (χ0v) is 14.1. The van der Waals surface area contributed by atoms with E-state index in [0.717, 1.165) is 0 Å². The summed E-state index contributed by atoms with van der Waals surface area (Å²) in [5.41, 5.74) is 0.799. The van der Waals surface area contributed by atoms with E-state index in [1.807, 2.05) is 6.92 Å². The van der Waals surface area contributed by atoms with Gasteiger partial charge in [0, 0.05) is 18.8 Å². The van der Waals surface area contributed by atoms with E-state index >= 15 is 0 Å². The van der Waals surface area contributed by atoms with Crippen LogP contribution in [0.3, 0.4) is 0 Å². The predicted molar refractivity (Wildman–Crippen MR) is 92.4 cm³/mol. The number of carbonyl (C=O) groups is 2. The van der Waals surface area contributed by atoms with Crippen LogP contribution in [0.5, 0.6) is 5.75 Å². The standard InChI is InChI=1S/C17H18ClN3O3/c1-11(24-14-4-3-7-19-10-14)9-20-17(23)15-8-13(21-12(2)22)5-6-16(15)18/h3-8,10-11H,9H2,1-2H3,(H,20,23)(H,21,22). The second-order valence-electron chi connectivity index (χ2n) is 5.20. The summed E-state index contributed by atoms with van der Waals surface area (Å²) in [6, 6.07) is 8.30. The topological polar surface area (TPSA) is 80.3 Å². The second-order valence-corrected chi connectivity index (χ2v) is 5.61. The smallest absolute Gasteiger partial charge is 0.253 e. The van der Waals surface area contributed by atoms with Crippen molar-refractivity contribution < 1.29 is 14.3 Å². The number of carbonyl (C=O) groups excluding carboxylic acids is 2. The van der Waals surface area contributed by atoms with Gasteiger partial charge in [0.15, 0.2) is 0 Å². The second kappa shape index (κ2) is 8.31. The molecular formula is C17H18ClN3O3. The van der Waals surface area contributed by atoms with Crippen molar-refractivity contribution >= 4 is 29.1 Å². The van der Waals surface area contributed by atoms with Gasteiger partial charge in [-0.15, -0.1) is 0 Å². The highest BCUT2D eigenvalue weighted by Crippen LogP contribution is 2.20. The Balaban J connectivity index is 1.95. The van der Waals surface area contributed by atoms with E-state index in [-0.39, 0.29) is 23.5 Å². The molecule has 0 radical (unpaired) electrons. The number of ether oxygens (including phenoxy) is 1. The lowest BCUT2D eigenvalue weighted by molar-refractivity contribution is -0.114. The largest absolute Gasteiger partial charge is 0.487 e. The number of nitrogens with one attached hydrogen (secondary N) is 2. The van der Waals surface area contributed by atoms with Gasteiger partial charge in [-0.1, -0.05) is 11.6 Å². The number of benzene rings is 1. The molecule has 0 bridgehead atoms. The van der Waals surface area contributed by atoms with Crippen LogP contribution in [0, 0.1) is 0 Å². The van der Waals surface area contributed by atoms with Gasteiger partial charge in [-0.25, -0.2) is 0 Å². The van der Waals surface area contributed by atoms with E-state index < -0.39 is 0 Å². The molecule has 1 heterocycles. The molecule has 6 nitrogen and oxygen atoms in total. The van der Waals surface area contributed by atoms with Gasteiger partial charge in [-0.3, -0.25) is 14.6 Å². The summed E-state index contributed by atoms with van der Waals surface area (Å²) in [4.78, 5) is 27.3. The van der Waals surface area contributed by atoms with Crippen LogP contribution in [0.25, 0.3) is 0 Å². The number of rotatable bonds is 6. The van der Waals surface area contributed by atoms with E-state index in [1.165, 1.54) is 13.0 Å². The first-order valence-corrected chi connectivity index (χ1v) is 7.75. The Morgan fingerprint density at radius 2 is 2.12 bits per heavy atom. The number of nitrogens with zero attached hydrogens (tertiary/aromatic N) is 1. The van der Waals surface area contributed by atoms with Crippen molar-refractivity contribution in [3.8, 4) is 5.75 Å². The molecule has 2 aromatic rings. The van der Waals surface area contributed by atoms with E-state index in [9.17, 15) is 9.59 Å². The maximum absolute atomic E-state index is 12.3. The highest BCUT2D eigenvalue weighted by molar-refractivity contribution is 6.34. The minimum atomic E-state index is -0.339. The van der Waals surface area contributed by atoms with Gasteiger partial charge in [0.25, 0.3) is 5.91 Å². The highest BCUT2D eigenvalue weighted by Gasteiger charge is 2.13. The molecule has 7 heteroatoms. The summed E-state index contributed by atoms with van der Waals surface area (Å²) in [5.74, 6) is 0.0703. The summed E-state index contributed by atoms with van der Waals surface area (Å²) in [6.07, 6.45) is 3.02. The van der Waals surface area contributed by atoms with Crippen LogP contribution < -0.4 is 15.4 Å². The fraction of sp³-hybridized carbons (Fsp3) is 0.235. The molecule has 24 heavy (non-hydrogen) atoms. The summed E-state index contributed by atoms with van der Waals surface area (Å²) in [5, 5.41) is 5.68. The molecule has 2 amide bonds. The molecule has 1 aromatic carbocycles. The highest BCUT2D eigenvalue weighted by atomic mass is 35.5. The fourth-order valence-electron chi connectivity index (χ4n) is 2.00. The van der Waals surface area contributed by atoms with Crippen molar-refractivity contribution in [2.24, 2.45) is 0 Å². The van der Waals surface area contributed by atoms with Crippen LogP contribution in [0.2, 0.25) is 5.02 Å². The molecule has 1 atom stereocenters. The van der Waals surface area contributed by atoms with Gasteiger partial charge < -0.3 is 15.4 Å². The Labute approximate surface area is 145 Å². The van der Waals surface area contributed by atoms with Crippen LogP contribution in [-0.2, 0) is 4.79 Å². The van der Waals surface area contributed by atoms with Crippen molar-refractivity contribution in [1.82, 2.24) is 10.3 Å². The van der Waals surface area contributed by atoms with Gasteiger partial charge in [0.2, 0.25) is 5.91 Å². The van der Waals surface area contributed by atoms with Crippen LogP contribution in [0.1, 0.15) is 24.2 Å². The minimum Gasteiger partial charge on any atom is -0.487 e. The third-order valence-corrected chi connectivity index (χ3v) is 3.38. The molecule has 0 aliphatic heterocycles. The van der Waals surface area contributed by atoms with E-state index in [4.69, 9.17) is 16.3 Å². The predicted octanol–water partition coefficient (Wildman–Crippen LogP) is 2.89. The SMILES string of the molecule is CC(=O)Nc1ccc(Cl)c(C(=O)NCC(C)Oc2cccnc2)c1. The quantitative estimate of drug-likeness (QED) is 0.842. The Morgan fingerprint density at radius 1 is 1.33 bits per heavy atom. The maximum atomic E-state index is 12.3. The number of pyridine rings is 1.